The van der Waals surface area contributed by atoms with E-state index in [1.807, 2.05) is 0 Å². The van der Waals surface area contributed by atoms with Crippen molar-refractivity contribution in [2.24, 2.45) is 34.5 Å². The van der Waals surface area contributed by atoms with Crippen LogP contribution in [0.5, 0.6) is 0 Å². The molecule has 6 aliphatic rings. The van der Waals surface area contributed by atoms with E-state index in [9.17, 15) is 9.59 Å². The standard InChI is InChI=1S/C24H30O3/c1-2-23-8-5-16-17-4-3-15(25)13-20(17)22(11-12-22)14-18(16)19(23)6-9-24(23)10-7-21(26)27-24/h7,10,13,16-19H,2-6,8-9,11-12,14H2,1H3/t16?,17-,18?,19?,23+,24-/m1/s1. The first-order chi connectivity index (χ1) is 13.0. The third-order valence-corrected chi connectivity index (χ3v) is 9.80. The number of ether oxygens (including phenoxy) is 1. The number of carbonyl (C=O) groups is 2. The molecule has 0 amide bonds. The predicted molar refractivity (Wildman–Crippen MR) is 102 cm³/mol. The quantitative estimate of drug-likeness (QED) is 0.629. The van der Waals surface area contributed by atoms with Crippen LogP contribution in [0.4, 0.5) is 0 Å². The van der Waals surface area contributed by atoms with E-state index in [1.54, 1.807) is 11.6 Å². The van der Waals surface area contributed by atoms with Crippen LogP contribution in [-0.4, -0.2) is 17.4 Å². The summed E-state index contributed by atoms with van der Waals surface area (Å²) in [5, 5.41) is 0. The average molecular weight is 367 g/mol. The van der Waals surface area contributed by atoms with Gasteiger partial charge in [-0.05, 0) is 99.0 Å². The van der Waals surface area contributed by atoms with Crippen LogP contribution in [0.2, 0.25) is 0 Å². The van der Waals surface area contributed by atoms with Crippen molar-refractivity contribution < 1.29 is 14.3 Å². The minimum Gasteiger partial charge on any atom is -0.451 e. The van der Waals surface area contributed by atoms with Crippen molar-refractivity contribution in [1.82, 2.24) is 0 Å². The van der Waals surface area contributed by atoms with Crippen molar-refractivity contribution >= 4 is 11.8 Å². The van der Waals surface area contributed by atoms with E-state index in [0.29, 0.717) is 23.0 Å². The fraction of sp³-hybridized carbons (Fsp3) is 0.750. The Hall–Kier alpha value is -1.38. The predicted octanol–water partition coefficient (Wildman–Crippen LogP) is 4.76. The lowest BCUT2D eigenvalue weighted by Crippen LogP contribution is -2.54. The third kappa shape index (κ3) is 1.94. The van der Waals surface area contributed by atoms with Gasteiger partial charge in [0.1, 0.15) is 5.60 Å². The Morgan fingerprint density at radius 2 is 1.93 bits per heavy atom. The lowest BCUT2D eigenvalue weighted by molar-refractivity contribution is -0.165. The van der Waals surface area contributed by atoms with Crippen LogP contribution in [-0.2, 0) is 14.3 Å². The van der Waals surface area contributed by atoms with E-state index < -0.39 is 0 Å². The summed E-state index contributed by atoms with van der Waals surface area (Å²) in [7, 11) is 0. The Morgan fingerprint density at radius 1 is 1.07 bits per heavy atom. The third-order valence-electron chi connectivity index (χ3n) is 9.80. The number of carbonyl (C=O) groups excluding carboxylic acids is 2. The number of allylic oxidation sites excluding steroid dienone is 1. The second-order valence-corrected chi connectivity index (χ2v) is 10.4. The molecule has 0 aromatic heterocycles. The highest BCUT2D eigenvalue weighted by Gasteiger charge is 2.68. The summed E-state index contributed by atoms with van der Waals surface area (Å²) in [5.41, 5.74) is 1.71. The van der Waals surface area contributed by atoms with Gasteiger partial charge in [-0.25, -0.2) is 4.79 Å². The van der Waals surface area contributed by atoms with Crippen molar-refractivity contribution in [3.63, 3.8) is 0 Å². The number of esters is 1. The molecule has 0 bridgehead atoms. The summed E-state index contributed by atoms with van der Waals surface area (Å²) < 4.78 is 6.04. The molecule has 6 rings (SSSR count). The summed E-state index contributed by atoms with van der Waals surface area (Å²) in [6.45, 7) is 2.32. The topological polar surface area (TPSA) is 43.4 Å². The van der Waals surface area contributed by atoms with Crippen LogP contribution in [0.15, 0.2) is 23.8 Å². The second-order valence-electron chi connectivity index (χ2n) is 10.4. The van der Waals surface area contributed by atoms with Crippen LogP contribution in [0.3, 0.4) is 0 Å². The van der Waals surface area contributed by atoms with Gasteiger partial charge in [-0.2, -0.15) is 0 Å². The number of fused-ring (bicyclic) bond motifs is 7. The molecule has 3 heteroatoms. The van der Waals surface area contributed by atoms with Gasteiger partial charge in [-0.1, -0.05) is 12.5 Å². The molecule has 144 valence electrons. The maximum absolute atomic E-state index is 12.1. The van der Waals surface area contributed by atoms with E-state index in [-0.39, 0.29) is 17.0 Å². The summed E-state index contributed by atoms with van der Waals surface area (Å²) in [6, 6.07) is 0. The molecule has 0 aromatic rings. The summed E-state index contributed by atoms with van der Waals surface area (Å²) in [5.74, 6) is 3.06. The first-order valence-corrected chi connectivity index (χ1v) is 11.2. The van der Waals surface area contributed by atoms with Crippen LogP contribution >= 0.6 is 0 Å². The van der Waals surface area contributed by atoms with Gasteiger partial charge in [-0.3, -0.25) is 4.79 Å². The fourth-order valence-electron chi connectivity index (χ4n) is 8.56. The van der Waals surface area contributed by atoms with Crippen molar-refractivity contribution in [2.45, 2.75) is 76.7 Å². The molecule has 0 radical (unpaired) electrons. The van der Waals surface area contributed by atoms with Gasteiger partial charge in [-0.15, -0.1) is 0 Å². The molecule has 5 aliphatic carbocycles. The smallest absolute Gasteiger partial charge is 0.331 e. The van der Waals surface area contributed by atoms with E-state index in [4.69, 9.17) is 4.74 Å². The van der Waals surface area contributed by atoms with Gasteiger partial charge in [0.2, 0.25) is 0 Å². The lowest BCUT2D eigenvalue weighted by Gasteiger charge is -2.58. The van der Waals surface area contributed by atoms with Gasteiger partial charge < -0.3 is 4.74 Å². The minimum absolute atomic E-state index is 0.135. The zero-order chi connectivity index (χ0) is 18.4. The zero-order valence-corrected chi connectivity index (χ0v) is 16.3. The molecule has 3 nitrogen and oxygen atoms in total. The molecule has 2 spiro atoms. The van der Waals surface area contributed by atoms with E-state index in [0.717, 1.165) is 37.5 Å². The highest BCUT2D eigenvalue weighted by molar-refractivity contribution is 5.91. The lowest BCUT2D eigenvalue weighted by atomic mass is 9.47. The van der Waals surface area contributed by atoms with Crippen LogP contribution in [0, 0.1) is 34.5 Å². The maximum Gasteiger partial charge on any atom is 0.331 e. The molecule has 4 fully saturated rings. The summed E-state index contributed by atoms with van der Waals surface area (Å²) in [4.78, 5) is 24.1. The molecule has 4 saturated carbocycles. The summed E-state index contributed by atoms with van der Waals surface area (Å²) in [6.07, 6.45) is 17.3. The van der Waals surface area contributed by atoms with E-state index in [1.165, 1.54) is 38.5 Å². The van der Waals surface area contributed by atoms with Crippen molar-refractivity contribution in [3.05, 3.63) is 23.8 Å². The largest absolute Gasteiger partial charge is 0.451 e. The molecule has 0 saturated heterocycles. The Bertz CT molecular complexity index is 787. The van der Waals surface area contributed by atoms with Crippen LogP contribution < -0.4 is 0 Å². The first-order valence-electron chi connectivity index (χ1n) is 11.2. The monoisotopic (exact) mass is 366 g/mol. The summed E-state index contributed by atoms with van der Waals surface area (Å²) >= 11 is 0. The first kappa shape index (κ1) is 16.6. The van der Waals surface area contributed by atoms with Crippen molar-refractivity contribution in [1.29, 1.82) is 0 Å². The van der Waals surface area contributed by atoms with E-state index >= 15 is 0 Å². The van der Waals surface area contributed by atoms with Gasteiger partial charge in [0, 0.05) is 17.9 Å². The van der Waals surface area contributed by atoms with Gasteiger partial charge in [0.15, 0.2) is 5.78 Å². The average Bonchev–Trinajstić information content (AvgIpc) is 3.22. The van der Waals surface area contributed by atoms with Gasteiger partial charge in [0.05, 0.1) is 0 Å². The van der Waals surface area contributed by atoms with Crippen LogP contribution in [0.1, 0.15) is 71.1 Å². The Labute approximate surface area is 161 Å². The van der Waals surface area contributed by atoms with E-state index in [2.05, 4.69) is 19.1 Å². The highest BCUT2D eigenvalue weighted by atomic mass is 16.6. The molecule has 1 heterocycles. The number of ketones is 1. The molecular formula is C24H30O3. The number of hydrogen-bond acceptors (Lipinski definition) is 3. The normalized spacial score (nSPS) is 48.9. The van der Waals surface area contributed by atoms with Gasteiger partial charge in [0.25, 0.3) is 0 Å². The van der Waals surface area contributed by atoms with Crippen molar-refractivity contribution in [3.8, 4) is 0 Å². The Balaban J connectivity index is 1.40. The fourth-order valence-corrected chi connectivity index (χ4v) is 8.56. The number of hydrogen-bond donors (Lipinski definition) is 0. The second kappa shape index (κ2) is 5.15. The molecule has 6 atom stereocenters. The molecule has 27 heavy (non-hydrogen) atoms. The molecule has 0 aromatic carbocycles. The molecular weight excluding hydrogens is 336 g/mol. The Kier molecular flexibility index (Phi) is 3.16. The van der Waals surface area contributed by atoms with Crippen LogP contribution in [0.25, 0.3) is 0 Å². The van der Waals surface area contributed by atoms with Gasteiger partial charge >= 0.3 is 5.97 Å². The molecule has 0 N–H and O–H groups in total. The van der Waals surface area contributed by atoms with Crippen molar-refractivity contribution in [2.75, 3.05) is 0 Å². The zero-order valence-electron chi connectivity index (χ0n) is 16.3. The minimum atomic E-state index is -0.330. The highest BCUT2D eigenvalue weighted by Crippen LogP contribution is 2.73. The molecule has 1 aliphatic heterocycles. The molecule has 3 unspecified atom stereocenters. The maximum atomic E-state index is 12.1. The number of rotatable bonds is 1. The Morgan fingerprint density at radius 3 is 2.63 bits per heavy atom. The SMILES string of the molecule is CC[C@]12CCC3C(CC4(CC4)C4=CC(=O)CC[C@@H]43)C1CC[C@@]21C=CC(=O)O1.